The number of para-hydroxylation sites is 1. The smallest absolute Gasteiger partial charge is 0.328 e. The monoisotopic (exact) mass is 289 g/mol. The summed E-state index contributed by atoms with van der Waals surface area (Å²) in [5.41, 5.74) is 1.57. The maximum absolute atomic E-state index is 10.6. The van der Waals surface area contributed by atoms with Gasteiger partial charge in [-0.15, -0.1) is 0 Å². The number of carboxylic acid groups (broad SMARTS) is 1. The van der Waals surface area contributed by atoms with Crippen LogP contribution in [0, 0.1) is 0 Å². The largest absolute Gasteiger partial charge is 0.487 e. The Kier molecular flexibility index (Phi) is 4.74. The third kappa shape index (κ3) is 3.83. The van der Waals surface area contributed by atoms with Gasteiger partial charge in [0.1, 0.15) is 12.4 Å². The first-order valence-corrected chi connectivity index (χ1v) is 6.26. The molecule has 20 heavy (non-hydrogen) atoms. The molecule has 0 aliphatic rings. The summed E-state index contributed by atoms with van der Waals surface area (Å²) in [6, 6.07) is 8.85. The Morgan fingerprint density at radius 2 is 2.05 bits per heavy atom. The number of halogens is 1. The molecule has 0 unspecified atom stereocenters. The second kappa shape index (κ2) is 6.73. The lowest BCUT2D eigenvalue weighted by atomic mass is 10.2. The van der Waals surface area contributed by atoms with E-state index in [1.54, 1.807) is 30.6 Å². The van der Waals surface area contributed by atoms with Crippen LogP contribution >= 0.6 is 11.6 Å². The Morgan fingerprint density at radius 1 is 1.30 bits per heavy atom. The number of nitrogens with zero attached hydrogens (tertiary/aromatic N) is 1. The van der Waals surface area contributed by atoms with Gasteiger partial charge in [0.05, 0.1) is 5.02 Å². The van der Waals surface area contributed by atoms with E-state index in [9.17, 15) is 4.79 Å². The minimum atomic E-state index is -1.02. The van der Waals surface area contributed by atoms with Gasteiger partial charge in [0.15, 0.2) is 0 Å². The van der Waals surface area contributed by atoms with Gasteiger partial charge < -0.3 is 9.84 Å². The van der Waals surface area contributed by atoms with Crippen LogP contribution in [-0.2, 0) is 11.4 Å². The van der Waals surface area contributed by atoms with E-state index in [0.717, 1.165) is 11.6 Å². The van der Waals surface area contributed by atoms with Crippen LogP contribution in [0.5, 0.6) is 5.75 Å². The summed E-state index contributed by atoms with van der Waals surface area (Å²) in [5, 5.41) is 9.11. The second-order valence-electron chi connectivity index (χ2n) is 3.97. The molecule has 0 radical (unpaired) electrons. The van der Waals surface area contributed by atoms with Crippen molar-refractivity contribution in [3.8, 4) is 5.75 Å². The van der Waals surface area contributed by atoms with E-state index in [1.807, 2.05) is 12.1 Å². The Morgan fingerprint density at radius 3 is 2.75 bits per heavy atom. The zero-order valence-corrected chi connectivity index (χ0v) is 11.2. The zero-order chi connectivity index (χ0) is 14.4. The SMILES string of the molecule is O=C(O)/C=C/c1cccc(Cl)c1OCc1ccncc1. The number of hydrogen-bond acceptors (Lipinski definition) is 3. The molecular formula is C15H12ClNO3. The lowest BCUT2D eigenvalue weighted by molar-refractivity contribution is -0.131. The molecule has 0 spiro atoms. The molecule has 1 N–H and O–H groups in total. The van der Waals surface area contributed by atoms with Gasteiger partial charge in [0, 0.05) is 24.0 Å². The molecule has 1 aromatic heterocycles. The van der Waals surface area contributed by atoms with Crippen LogP contribution in [0.15, 0.2) is 48.8 Å². The first-order valence-electron chi connectivity index (χ1n) is 5.88. The molecule has 4 nitrogen and oxygen atoms in total. The van der Waals surface area contributed by atoms with Crippen molar-refractivity contribution in [2.75, 3.05) is 0 Å². The van der Waals surface area contributed by atoms with Crippen molar-refractivity contribution in [1.82, 2.24) is 4.98 Å². The molecule has 0 aliphatic heterocycles. The van der Waals surface area contributed by atoms with Gasteiger partial charge in [-0.05, 0) is 29.8 Å². The van der Waals surface area contributed by atoms with Crippen LogP contribution in [-0.4, -0.2) is 16.1 Å². The lowest BCUT2D eigenvalue weighted by Crippen LogP contribution is -1.98. The summed E-state index contributed by atoms with van der Waals surface area (Å²) in [4.78, 5) is 14.5. The normalized spacial score (nSPS) is 10.7. The maximum atomic E-state index is 10.6. The Bertz CT molecular complexity index is 626. The molecule has 2 rings (SSSR count). The van der Waals surface area contributed by atoms with Gasteiger partial charge >= 0.3 is 5.97 Å². The number of aliphatic carboxylic acids is 1. The Hall–Kier alpha value is -2.33. The summed E-state index contributed by atoms with van der Waals surface area (Å²) in [6.07, 6.45) is 5.86. The molecule has 0 fully saturated rings. The number of pyridine rings is 1. The van der Waals surface area contributed by atoms with E-state index in [4.69, 9.17) is 21.4 Å². The molecule has 0 saturated heterocycles. The molecule has 102 valence electrons. The average Bonchev–Trinajstić information content (AvgIpc) is 2.45. The van der Waals surface area contributed by atoms with Crippen LogP contribution in [0.25, 0.3) is 6.08 Å². The van der Waals surface area contributed by atoms with Gasteiger partial charge in [0.25, 0.3) is 0 Å². The zero-order valence-electron chi connectivity index (χ0n) is 10.5. The summed E-state index contributed by atoms with van der Waals surface area (Å²) < 4.78 is 5.68. The number of benzene rings is 1. The molecule has 1 heterocycles. The highest BCUT2D eigenvalue weighted by atomic mass is 35.5. The fraction of sp³-hybridized carbons (Fsp3) is 0.0667. The van der Waals surface area contributed by atoms with Gasteiger partial charge in [-0.2, -0.15) is 0 Å². The molecule has 0 amide bonds. The van der Waals surface area contributed by atoms with E-state index in [0.29, 0.717) is 22.9 Å². The highest BCUT2D eigenvalue weighted by Crippen LogP contribution is 2.30. The third-order valence-corrected chi connectivity index (χ3v) is 2.83. The van der Waals surface area contributed by atoms with Gasteiger partial charge in [-0.3, -0.25) is 4.98 Å². The molecule has 0 atom stereocenters. The fourth-order valence-electron chi connectivity index (χ4n) is 1.60. The number of hydrogen-bond donors (Lipinski definition) is 1. The minimum Gasteiger partial charge on any atom is -0.487 e. The van der Waals surface area contributed by atoms with Gasteiger partial charge in [-0.1, -0.05) is 23.7 Å². The van der Waals surface area contributed by atoms with E-state index in [2.05, 4.69) is 4.98 Å². The Labute approximate surface area is 121 Å². The molecule has 1 aromatic carbocycles. The second-order valence-corrected chi connectivity index (χ2v) is 4.38. The predicted octanol–water partition coefficient (Wildman–Crippen LogP) is 3.41. The van der Waals surface area contributed by atoms with E-state index >= 15 is 0 Å². The number of carbonyl (C=O) groups is 1. The lowest BCUT2D eigenvalue weighted by Gasteiger charge is -2.11. The Balaban J connectivity index is 2.19. The molecule has 0 bridgehead atoms. The standard InChI is InChI=1S/C15H12ClNO3/c16-13-3-1-2-12(4-5-14(18)19)15(13)20-10-11-6-8-17-9-7-11/h1-9H,10H2,(H,18,19)/b5-4+. The first kappa shape index (κ1) is 14.1. The van der Waals surface area contributed by atoms with Crippen molar-refractivity contribution >= 4 is 23.6 Å². The third-order valence-electron chi connectivity index (χ3n) is 2.54. The van der Waals surface area contributed by atoms with Crippen molar-refractivity contribution in [3.05, 3.63) is 65.0 Å². The molecule has 0 saturated carbocycles. The molecular weight excluding hydrogens is 278 g/mol. The van der Waals surface area contributed by atoms with Crippen molar-refractivity contribution in [1.29, 1.82) is 0 Å². The van der Waals surface area contributed by atoms with Crippen molar-refractivity contribution in [3.63, 3.8) is 0 Å². The van der Waals surface area contributed by atoms with E-state index in [-0.39, 0.29) is 0 Å². The minimum absolute atomic E-state index is 0.333. The molecule has 2 aromatic rings. The van der Waals surface area contributed by atoms with Crippen LogP contribution in [0.4, 0.5) is 0 Å². The van der Waals surface area contributed by atoms with Crippen molar-refractivity contribution in [2.45, 2.75) is 6.61 Å². The highest BCUT2D eigenvalue weighted by Gasteiger charge is 2.07. The van der Waals surface area contributed by atoms with E-state index < -0.39 is 5.97 Å². The number of aromatic nitrogens is 1. The quantitative estimate of drug-likeness (QED) is 0.857. The fourth-order valence-corrected chi connectivity index (χ4v) is 1.84. The number of carboxylic acids is 1. The first-order chi connectivity index (χ1) is 9.66. The van der Waals surface area contributed by atoms with Crippen LogP contribution in [0.2, 0.25) is 5.02 Å². The number of ether oxygens (including phenoxy) is 1. The maximum Gasteiger partial charge on any atom is 0.328 e. The predicted molar refractivity (Wildman–Crippen MR) is 76.7 cm³/mol. The molecule has 0 aliphatic carbocycles. The van der Waals surface area contributed by atoms with Crippen LogP contribution in [0.3, 0.4) is 0 Å². The summed E-state index contributed by atoms with van der Waals surface area (Å²) in [6.45, 7) is 0.333. The van der Waals surface area contributed by atoms with Crippen molar-refractivity contribution < 1.29 is 14.6 Å². The number of rotatable bonds is 5. The summed E-state index contributed by atoms with van der Waals surface area (Å²) in [5.74, 6) is -0.562. The topological polar surface area (TPSA) is 59.4 Å². The summed E-state index contributed by atoms with van der Waals surface area (Å²) in [7, 11) is 0. The van der Waals surface area contributed by atoms with Crippen LogP contribution in [0.1, 0.15) is 11.1 Å². The van der Waals surface area contributed by atoms with E-state index in [1.165, 1.54) is 6.08 Å². The average molecular weight is 290 g/mol. The van der Waals surface area contributed by atoms with Gasteiger partial charge in [-0.25, -0.2) is 4.79 Å². The summed E-state index contributed by atoms with van der Waals surface area (Å²) >= 11 is 6.09. The van der Waals surface area contributed by atoms with Crippen LogP contribution < -0.4 is 4.74 Å². The highest BCUT2D eigenvalue weighted by molar-refractivity contribution is 6.32. The van der Waals surface area contributed by atoms with Gasteiger partial charge in [0.2, 0.25) is 0 Å². The molecule has 5 heteroatoms. The van der Waals surface area contributed by atoms with Crippen molar-refractivity contribution in [2.24, 2.45) is 0 Å².